The molecule has 1 spiro atoms. The predicted molar refractivity (Wildman–Crippen MR) is 116 cm³/mol. The number of likely N-dealkylation sites (tertiary alicyclic amines) is 1. The van der Waals surface area contributed by atoms with Gasteiger partial charge in [-0.05, 0) is 63.1 Å². The molecule has 2 fully saturated rings. The van der Waals surface area contributed by atoms with Crippen LogP contribution in [0.5, 0.6) is 0 Å². The average molecular weight is 376 g/mol. The van der Waals surface area contributed by atoms with Gasteiger partial charge in [-0.25, -0.2) is 0 Å². The number of fused-ring (bicyclic) bond motifs is 1. The van der Waals surface area contributed by atoms with Crippen molar-refractivity contribution < 1.29 is 0 Å². The van der Waals surface area contributed by atoms with Gasteiger partial charge < -0.3 is 10.2 Å². The molecule has 146 valence electrons. The normalized spacial score (nSPS) is 24.0. The van der Waals surface area contributed by atoms with Gasteiger partial charge in [0, 0.05) is 54.9 Å². The molecule has 5 nitrogen and oxygen atoms in total. The molecule has 4 heterocycles. The second-order valence-electron chi connectivity index (χ2n) is 8.78. The molecule has 3 aliphatic heterocycles. The summed E-state index contributed by atoms with van der Waals surface area (Å²) >= 11 is 0. The van der Waals surface area contributed by atoms with E-state index < -0.39 is 0 Å². The summed E-state index contributed by atoms with van der Waals surface area (Å²) in [4.78, 5) is 14.2. The number of hydrogen-bond acceptors (Lipinski definition) is 5. The van der Waals surface area contributed by atoms with E-state index >= 15 is 0 Å². The van der Waals surface area contributed by atoms with E-state index in [1.54, 1.807) is 0 Å². The topological polar surface area (TPSA) is 43.8 Å². The van der Waals surface area contributed by atoms with Gasteiger partial charge in [0.25, 0.3) is 0 Å². The lowest BCUT2D eigenvalue weighted by molar-refractivity contribution is 0.270. The number of rotatable bonds is 3. The summed E-state index contributed by atoms with van der Waals surface area (Å²) < 4.78 is 0. The van der Waals surface area contributed by atoms with Crippen LogP contribution in [0.15, 0.2) is 35.3 Å². The van der Waals surface area contributed by atoms with E-state index in [1.165, 1.54) is 49.4 Å². The molecule has 0 radical (unpaired) electrons. The standard InChI is InChI=1S/C23H29N5/c1-17-11-20(12-18(2)26-17)28-10-6-23(16-28)5-9-27(15-23)14-19-3-4-21-22(13-19)25-8-7-24-21/h3-4,7,11-13,25H,5-6,8-10,14-16H2,1-2H3. The predicted octanol–water partition coefficient (Wildman–Crippen LogP) is 3.93. The maximum Gasteiger partial charge on any atom is 0.0858 e. The number of aliphatic imine (C=N–C) groups is 1. The number of benzene rings is 1. The zero-order valence-electron chi connectivity index (χ0n) is 16.9. The van der Waals surface area contributed by atoms with Crippen molar-refractivity contribution in [2.45, 2.75) is 33.2 Å². The SMILES string of the molecule is Cc1cc(N2CCC3(CCN(Cc4ccc5c(c4)NCC=N5)C3)C2)cc(C)n1. The Morgan fingerprint density at radius 2 is 1.86 bits per heavy atom. The van der Waals surface area contributed by atoms with Gasteiger partial charge in [-0.1, -0.05) is 6.07 Å². The minimum atomic E-state index is 0.446. The summed E-state index contributed by atoms with van der Waals surface area (Å²) in [5, 5.41) is 3.43. The molecular weight excluding hydrogens is 346 g/mol. The highest BCUT2D eigenvalue weighted by atomic mass is 15.2. The van der Waals surface area contributed by atoms with E-state index in [0.29, 0.717) is 5.41 Å². The fraction of sp³-hybridized carbons (Fsp3) is 0.478. The number of hydrogen-bond donors (Lipinski definition) is 1. The third-order valence-corrected chi connectivity index (χ3v) is 6.47. The third-order valence-electron chi connectivity index (χ3n) is 6.47. The van der Waals surface area contributed by atoms with E-state index in [4.69, 9.17) is 0 Å². The van der Waals surface area contributed by atoms with E-state index in [-0.39, 0.29) is 0 Å². The van der Waals surface area contributed by atoms with Gasteiger partial charge in [-0.3, -0.25) is 14.9 Å². The highest BCUT2D eigenvalue weighted by Crippen LogP contribution is 2.42. The number of aromatic nitrogens is 1. The molecule has 1 N–H and O–H groups in total. The lowest BCUT2D eigenvalue weighted by Gasteiger charge is -2.26. The Labute approximate surface area is 167 Å². The first kappa shape index (κ1) is 17.7. The molecule has 0 aliphatic carbocycles. The molecule has 5 rings (SSSR count). The van der Waals surface area contributed by atoms with Crippen molar-refractivity contribution in [1.29, 1.82) is 0 Å². The first-order chi connectivity index (χ1) is 13.6. The van der Waals surface area contributed by atoms with Crippen molar-refractivity contribution in [3.63, 3.8) is 0 Å². The van der Waals surface area contributed by atoms with Crippen LogP contribution in [-0.4, -0.2) is 48.8 Å². The molecule has 1 atom stereocenters. The molecule has 1 aromatic heterocycles. The molecule has 28 heavy (non-hydrogen) atoms. The van der Waals surface area contributed by atoms with Crippen LogP contribution < -0.4 is 10.2 Å². The van der Waals surface area contributed by atoms with Gasteiger partial charge in [0.05, 0.1) is 17.9 Å². The fourth-order valence-electron chi connectivity index (χ4n) is 5.14. The first-order valence-corrected chi connectivity index (χ1v) is 10.4. The van der Waals surface area contributed by atoms with Crippen LogP contribution in [0.3, 0.4) is 0 Å². The number of aryl methyl sites for hydroxylation is 2. The van der Waals surface area contributed by atoms with Crippen molar-refractivity contribution in [1.82, 2.24) is 9.88 Å². The van der Waals surface area contributed by atoms with Crippen molar-refractivity contribution in [3.8, 4) is 0 Å². The Balaban J connectivity index is 1.25. The second-order valence-corrected chi connectivity index (χ2v) is 8.78. The van der Waals surface area contributed by atoms with E-state index in [2.05, 4.69) is 69.3 Å². The average Bonchev–Trinajstić information content (AvgIpc) is 3.28. The Bertz CT molecular complexity index is 901. The fourth-order valence-corrected chi connectivity index (χ4v) is 5.14. The third kappa shape index (κ3) is 3.39. The Kier molecular flexibility index (Phi) is 4.35. The summed E-state index contributed by atoms with van der Waals surface area (Å²) in [5.41, 5.74) is 7.65. The molecule has 5 heteroatoms. The summed E-state index contributed by atoms with van der Waals surface area (Å²) in [6.07, 6.45) is 4.54. The van der Waals surface area contributed by atoms with Crippen LogP contribution in [0.4, 0.5) is 17.1 Å². The van der Waals surface area contributed by atoms with E-state index in [1.807, 2.05) is 6.21 Å². The van der Waals surface area contributed by atoms with Crippen molar-refractivity contribution in [2.75, 3.05) is 42.9 Å². The van der Waals surface area contributed by atoms with Crippen LogP contribution in [0.1, 0.15) is 29.8 Å². The van der Waals surface area contributed by atoms with Crippen molar-refractivity contribution in [3.05, 3.63) is 47.3 Å². The van der Waals surface area contributed by atoms with Gasteiger partial charge in [0.15, 0.2) is 0 Å². The minimum absolute atomic E-state index is 0.446. The summed E-state index contributed by atoms with van der Waals surface area (Å²) in [6.45, 7) is 10.8. The quantitative estimate of drug-likeness (QED) is 0.883. The van der Waals surface area contributed by atoms with Crippen LogP contribution in [-0.2, 0) is 6.54 Å². The molecule has 0 saturated carbocycles. The minimum Gasteiger partial charge on any atom is -0.378 e. The number of nitrogens with zero attached hydrogens (tertiary/aromatic N) is 4. The highest BCUT2D eigenvalue weighted by molar-refractivity contribution is 5.80. The zero-order chi connectivity index (χ0) is 19.1. The van der Waals surface area contributed by atoms with E-state index in [0.717, 1.165) is 36.7 Å². The van der Waals surface area contributed by atoms with Gasteiger partial charge in [-0.2, -0.15) is 0 Å². The Hall–Kier alpha value is -2.40. The molecule has 0 amide bonds. The molecule has 0 bridgehead atoms. The van der Waals surface area contributed by atoms with Crippen molar-refractivity contribution in [2.24, 2.45) is 10.4 Å². The number of pyridine rings is 1. The van der Waals surface area contributed by atoms with Crippen LogP contribution in [0, 0.1) is 19.3 Å². The highest BCUT2D eigenvalue weighted by Gasteiger charge is 2.43. The first-order valence-electron chi connectivity index (χ1n) is 10.4. The number of nitrogens with one attached hydrogen (secondary N) is 1. The maximum absolute atomic E-state index is 4.54. The summed E-state index contributed by atoms with van der Waals surface area (Å²) in [5.74, 6) is 0. The monoisotopic (exact) mass is 375 g/mol. The van der Waals surface area contributed by atoms with E-state index in [9.17, 15) is 0 Å². The largest absolute Gasteiger partial charge is 0.378 e. The van der Waals surface area contributed by atoms with Gasteiger partial charge >= 0.3 is 0 Å². The lowest BCUT2D eigenvalue weighted by atomic mass is 9.86. The Morgan fingerprint density at radius 1 is 1.04 bits per heavy atom. The van der Waals surface area contributed by atoms with Crippen molar-refractivity contribution >= 4 is 23.3 Å². The molecule has 3 aliphatic rings. The van der Waals surface area contributed by atoms with Gasteiger partial charge in [0.2, 0.25) is 0 Å². The summed E-state index contributed by atoms with van der Waals surface area (Å²) in [7, 11) is 0. The van der Waals surface area contributed by atoms with Gasteiger partial charge in [0.1, 0.15) is 0 Å². The zero-order valence-corrected chi connectivity index (χ0v) is 16.9. The van der Waals surface area contributed by atoms with Crippen LogP contribution in [0.2, 0.25) is 0 Å². The van der Waals surface area contributed by atoms with Crippen LogP contribution >= 0.6 is 0 Å². The van der Waals surface area contributed by atoms with Crippen LogP contribution in [0.25, 0.3) is 0 Å². The molecule has 2 saturated heterocycles. The number of anilines is 2. The smallest absolute Gasteiger partial charge is 0.0858 e. The maximum atomic E-state index is 4.54. The summed E-state index contributed by atoms with van der Waals surface area (Å²) in [6, 6.07) is 11.1. The second kappa shape index (κ2) is 6.89. The molecule has 1 aromatic carbocycles. The van der Waals surface area contributed by atoms with Gasteiger partial charge in [-0.15, -0.1) is 0 Å². The Morgan fingerprint density at radius 3 is 2.71 bits per heavy atom. The lowest BCUT2D eigenvalue weighted by Crippen LogP contribution is -2.30. The molecule has 2 aromatic rings. The molecule has 1 unspecified atom stereocenters. The molecular formula is C23H29N5.